The molecule has 0 spiro atoms. The van der Waals surface area contributed by atoms with Crippen LogP contribution >= 0.6 is 0 Å². The van der Waals surface area contributed by atoms with Crippen LogP contribution in [0.1, 0.15) is 40.5 Å². The van der Waals surface area contributed by atoms with Crippen molar-refractivity contribution in [2.24, 2.45) is 17.2 Å². The molecular weight excluding hydrogens is 747 g/mol. The first kappa shape index (κ1) is 39.3. The van der Waals surface area contributed by atoms with Gasteiger partial charge < -0.3 is 47.9 Å². The number of carbonyl (C=O) groups excluding carboxylic acids is 2. The Balaban J connectivity index is 0.000000177. The smallest absolute Gasteiger partial charge is 0.254 e. The van der Waals surface area contributed by atoms with Gasteiger partial charge in [-0.3, -0.25) is 9.59 Å². The number of ether oxygens (including phenoxy) is 2. The fraction of sp³-hybridized carbons (Fsp3) is 0.297. The average molecular weight is 790 g/mol. The summed E-state index contributed by atoms with van der Waals surface area (Å²) in [6.45, 7) is 3.70. The standard InChI is InChI=1S/C19H22N8O2.C18H21N9O2/c1-12(28)15-10-21-19(25-17-11-29-8-5-16(17)20)26-18(15)24-13-3-2-4-14(9-13)27-22-6-7-23-27;19-14-10-29-7-4-15(14)25-18-21-9-13(16(20)28)17(26-18)24-11-2-1-3-12(8-11)27-22-5-6-23-27/h2-4,6-7,9-10,16-17H,5,8,11,20H2,1H3,(H2,21,24,25,26);1-3,5-6,8-9,14-15H,4,7,10,19H2,(H2,20,28)(H2,21,24,25,26)/t16-,17+;14-,15+/m00/s1. The molecule has 0 unspecified atom stereocenters. The van der Waals surface area contributed by atoms with Crippen molar-refractivity contribution in [3.05, 3.63) is 96.8 Å². The number of anilines is 6. The van der Waals surface area contributed by atoms with E-state index in [-0.39, 0.29) is 35.5 Å². The maximum absolute atomic E-state index is 12.1. The topological polar surface area (TPSA) is 292 Å². The van der Waals surface area contributed by atoms with E-state index in [0.717, 1.165) is 29.9 Å². The molecule has 2 aliphatic rings. The number of rotatable bonds is 12. The summed E-state index contributed by atoms with van der Waals surface area (Å²) in [6, 6.07) is 14.5. The molecule has 0 saturated carbocycles. The highest BCUT2D eigenvalue weighted by Gasteiger charge is 2.25. The lowest BCUT2D eigenvalue weighted by Gasteiger charge is -2.29. The van der Waals surface area contributed by atoms with E-state index in [1.54, 1.807) is 24.8 Å². The van der Waals surface area contributed by atoms with Crippen LogP contribution < -0.4 is 38.5 Å². The number of nitrogens with one attached hydrogen (secondary N) is 4. The minimum Gasteiger partial charge on any atom is -0.380 e. The van der Waals surface area contributed by atoms with Gasteiger partial charge in [0, 0.05) is 55.1 Å². The van der Waals surface area contributed by atoms with Crippen molar-refractivity contribution >= 4 is 46.6 Å². The average Bonchev–Trinajstić information content (AvgIpc) is 3.97. The largest absolute Gasteiger partial charge is 0.380 e. The van der Waals surface area contributed by atoms with E-state index < -0.39 is 5.91 Å². The van der Waals surface area contributed by atoms with Gasteiger partial charge in [0.25, 0.3) is 5.91 Å². The molecule has 8 rings (SSSR count). The molecule has 2 saturated heterocycles. The van der Waals surface area contributed by atoms with Gasteiger partial charge in [-0.2, -0.15) is 40.0 Å². The first-order valence-electron chi connectivity index (χ1n) is 18.4. The zero-order valence-electron chi connectivity index (χ0n) is 31.5. The Morgan fingerprint density at radius 1 is 0.690 bits per heavy atom. The molecule has 58 heavy (non-hydrogen) atoms. The molecule has 1 amide bonds. The first-order valence-corrected chi connectivity index (χ1v) is 18.4. The Hall–Kier alpha value is -6.94. The molecule has 2 fully saturated rings. The Labute approximate surface area is 332 Å². The second-order valence-electron chi connectivity index (χ2n) is 13.4. The molecule has 4 aromatic heterocycles. The van der Waals surface area contributed by atoms with Crippen molar-refractivity contribution in [1.29, 1.82) is 0 Å². The summed E-state index contributed by atoms with van der Waals surface area (Å²) in [5.41, 5.74) is 21.2. The van der Waals surface area contributed by atoms with Crippen molar-refractivity contribution in [3.8, 4) is 11.4 Å². The van der Waals surface area contributed by atoms with Crippen LogP contribution in [-0.4, -0.2) is 112 Å². The second kappa shape index (κ2) is 18.3. The first-order chi connectivity index (χ1) is 28.2. The van der Waals surface area contributed by atoms with E-state index in [1.807, 2.05) is 48.5 Å². The van der Waals surface area contributed by atoms with Gasteiger partial charge in [-0.05, 0) is 56.2 Å². The summed E-state index contributed by atoms with van der Waals surface area (Å²) < 4.78 is 10.8. The second-order valence-corrected chi connectivity index (χ2v) is 13.4. The molecule has 0 radical (unpaired) electrons. The quantitative estimate of drug-likeness (QED) is 0.0872. The number of hydrogen-bond acceptors (Lipinski definition) is 18. The number of Topliss-reactive ketones (excluding diaryl/α,β-unsaturated/α-hetero) is 1. The normalized spacial score (nSPS) is 18.9. The van der Waals surface area contributed by atoms with Crippen molar-refractivity contribution < 1.29 is 19.1 Å². The number of aromatic nitrogens is 10. The van der Waals surface area contributed by atoms with E-state index in [0.29, 0.717) is 61.2 Å². The molecule has 2 aliphatic heterocycles. The number of benzene rings is 2. The molecule has 0 aliphatic carbocycles. The van der Waals surface area contributed by atoms with Crippen LogP contribution in [0.25, 0.3) is 11.4 Å². The van der Waals surface area contributed by atoms with E-state index in [9.17, 15) is 9.59 Å². The lowest BCUT2D eigenvalue weighted by molar-refractivity contribution is 0.0751. The summed E-state index contributed by atoms with van der Waals surface area (Å²) in [5.74, 6) is 0.665. The molecule has 10 N–H and O–H groups in total. The Bertz CT molecular complexity index is 2150. The third-order valence-corrected chi connectivity index (χ3v) is 9.18. The maximum Gasteiger partial charge on any atom is 0.254 e. The molecule has 21 nitrogen and oxygen atoms in total. The van der Waals surface area contributed by atoms with Gasteiger partial charge in [-0.1, -0.05) is 12.1 Å². The van der Waals surface area contributed by atoms with Crippen molar-refractivity contribution in [1.82, 2.24) is 49.9 Å². The molecule has 2 aromatic carbocycles. The SMILES string of the molecule is CC(=O)c1cnc(N[C@@H]2COCC[C@@H]2N)nc1Nc1cccc(-n2nccn2)c1.NC(=O)c1cnc(N[C@@H]2CCOC[C@@H]2N)nc1Nc1cccc(-n2nccn2)c1. The molecule has 21 heteroatoms. The van der Waals surface area contributed by atoms with Crippen LogP contribution in [0.3, 0.4) is 0 Å². The van der Waals surface area contributed by atoms with Crippen molar-refractivity contribution in [2.75, 3.05) is 47.7 Å². The van der Waals surface area contributed by atoms with Crippen LogP contribution in [0.5, 0.6) is 0 Å². The van der Waals surface area contributed by atoms with Crippen LogP contribution in [-0.2, 0) is 9.47 Å². The van der Waals surface area contributed by atoms with Crippen molar-refractivity contribution in [2.45, 2.75) is 43.9 Å². The van der Waals surface area contributed by atoms with Gasteiger partial charge in [0.15, 0.2) is 5.78 Å². The third kappa shape index (κ3) is 9.89. The summed E-state index contributed by atoms with van der Waals surface area (Å²) in [6.07, 6.45) is 10.8. The lowest BCUT2D eigenvalue weighted by Crippen LogP contribution is -2.47. The third-order valence-electron chi connectivity index (χ3n) is 9.18. The summed E-state index contributed by atoms with van der Waals surface area (Å²) in [5, 5.41) is 29.2. The van der Waals surface area contributed by atoms with E-state index in [4.69, 9.17) is 26.7 Å². The Kier molecular flexibility index (Phi) is 12.4. The highest BCUT2D eigenvalue weighted by atomic mass is 16.5. The van der Waals surface area contributed by atoms with Crippen LogP contribution in [0.4, 0.5) is 34.9 Å². The van der Waals surface area contributed by atoms with Gasteiger partial charge in [-0.15, -0.1) is 0 Å². The monoisotopic (exact) mass is 789 g/mol. The summed E-state index contributed by atoms with van der Waals surface area (Å²) >= 11 is 0. The number of nitrogens with two attached hydrogens (primary N) is 3. The highest BCUT2D eigenvalue weighted by molar-refractivity contribution is 5.99. The van der Waals surface area contributed by atoms with Gasteiger partial charge in [0.2, 0.25) is 11.9 Å². The van der Waals surface area contributed by atoms with Crippen LogP contribution in [0, 0.1) is 0 Å². The van der Waals surface area contributed by atoms with Crippen LogP contribution in [0.2, 0.25) is 0 Å². The van der Waals surface area contributed by atoms with Crippen LogP contribution in [0.15, 0.2) is 85.7 Å². The number of ketones is 1. The maximum atomic E-state index is 12.1. The predicted octanol–water partition coefficient (Wildman–Crippen LogP) is 1.96. The number of primary amides is 1. The number of carbonyl (C=O) groups is 2. The Morgan fingerprint density at radius 3 is 1.74 bits per heavy atom. The molecule has 4 atom stereocenters. The fourth-order valence-electron chi connectivity index (χ4n) is 6.09. The molecule has 6 heterocycles. The van der Waals surface area contributed by atoms with E-state index in [2.05, 4.69) is 61.6 Å². The number of nitrogens with zero attached hydrogens (tertiary/aromatic N) is 10. The minimum atomic E-state index is -0.633. The number of hydrogen-bond donors (Lipinski definition) is 7. The predicted molar refractivity (Wildman–Crippen MR) is 214 cm³/mol. The zero-order chi connectivity index (χ0) is 40.4. The highest BCUT2D eigenvalue weighted by Crippen LogP contribution is 2.24. The molecule has 300 valence electrons. The zero-order valence-corrected chi connectivity index (χ0v) is 31.5. The molecule has 6 aromatic rings. The van der Waals surface area contributed by atoms with E-state index >= 15 is 0 Å². The van der Waals surface area contributed by atoms with Gasteiger partial charge in [0.1, 0.15) is 17.2 Å². The fourth-order valence-corrected chi connectivity index (χ4v) is 6.09. The van der Waals surface area contributed by atoms with E-state index in [1.165, 1.54) is 28.9 Å². The lowest BCUT2D eigenvalue weighted by atomic mass is 10.1. The molecule has 0 bridgehead atoms. The summed E-state index contributed by atoms with van der Waals surface area (Å²) in [4.78, 5) is 44.3. The van der Waals surface area contributed by atoms with Gasteiger partial charge in [0.05, 0.1) is 61.0 Å². The Morgan fingerprint density at radius 2 is 1.21 bits per heavy atom. The van der Waals surface area contributed by atoms with Crippen molar-refractivity contribution in [3.63, 3.8) is 0 Å². The van der Waals surface area contributed by atoms with Gasteiger partial charge in [-0.25, -0.2) is 9.97 Å². The molecular formula is C37H43N17O4. The summed E-state index contributed by atoms with van der Waals surface area (Å²) in [7, 11) is 0. The minimum absolute atomic E-state index is 0.0229. The number of amides is 1. The van der Waals surface area contributed by atoms with Gasteiger partial charge >= 0.3 is 0 Å².